The average molecular weight is 348 g/mol. The van der Waals surface area contributed by atoms with Crippen LogP contribution >= 0.6 is 0 Å². The summed E-state index contributed by atoms with van der Waals surface area (Å²) < 4.78 is 6.29. The predicted octanol–water partition coefficient (Wildman–Crippen LogP) is 4.92. The number of rotatable bonds is 5. The molecule has 2 aromatic carbocycles. The van der Waals surface area contributed by atoms with Gasteiger partial charge in [0.2, 0.25) is 0 Å². The summed E-state index contributed by atoms with van der Waals surface area (Å²) in [5.41, 5.74) is 13.6. The van der Waals surface area contributed by atoms with Gasteiger partial charge in [-0.2, -0.15) is 0 Å². The van der Waals surface area contributed by atoms with Gasteiger partial charge in [-0.05, 0) is 66.6 Å². The second-order valence-corrected chi connectivity index (χ2v) is 7.24. The maximum atomic E-state index is 6.29. The largest absolute Gasteiger partial charge is 0.368 e. The van der Waals surface area contributed by atoms with Crippen molar-refractivity contribution in [2.24, 2.45) is 5.73 Å². The van der Waals surface area contributed by atoms with E-state index in [-0.39, 0.29) is 5.60 Å². The Bertz CT molecular complexity index is 913. The second-order valence-electron chi connectivity index (χ2n) is 7.24. The van der Waals surface area contributed by atoms with Crippen molar-refractivity contribution < 1.29 is 4.74 Å². The van der Waals surface area contributed by atoms with E-state index < -0.39 is 0 Å². The molecule has 3 N–H and O–H groups in total. The van der Waals surface area contributed by atoms with Crippen molar-refractivity contribution >= 4 is 10.9 Å². The van der Waals surface area contributed by atoms with Crippen molar-refractivity contribution in [3.8, 4) is 11.1 Å². The minimum atomic E-state index is -0.265. The molecule has 0 fully saturated rings. The number of aryl methyl sites for hydroxylation is 1. The van der Waals surface area contributed by atoms with Crippen LogP contribution in [-0.2, 0) is 23.2 Å². The van der Waals surface area contributed by atoms with Crippen LogP contribution in [0, 0.1) is 0 Å². The molecule has 1 aliphatic rings. The van der Waals surface area contributed by atoms with Gasteiger partial charge in [0.15, 0.2) is 0 Å². The summed E-state index contributed by atoms with van der Waals surface area (Å²) in [4.78, 5) is 3.76. The van der Waals surface area contributed by atoms with E-state index in [0.29, 0.717) is 6.54 Å². The normalized spacial score (nSPS) is 19.7. The van der Waals surface area contributed by atoms with E-state index in [4.69, 9.17) is 10.5 Å². The standard InChI is InChI=1S/C23H28N2O/c1-3-16-14-18(17-8-6-5-7-9-17)15-20-19-10-13-26-23(4-2,11-12-24)22(19)25-21(16)20/h5-9,14-15,25H,3-4,10-13,24H2,1-2H3. The van der Waals surface area contributed by atoms with Crippen LogP contribution < -0.4 is 5.73 Å². The quantitative estimate of drug-likeness (QED) is 0.687. The van der Waals surface area contributed by atoms with E-state index >= 15 is 0 Å². The molecular weight excluding hydrogens is 320 g/mol. The molecule has 3 nitrogen and oxygen atoms in total. The Labute approximate surface area is 155 Å². The maximum Gasteiger partial charge on any atom is 0.109 e. The van der Waals surface area contributed by atoms with Crippen LogP contribution in [-0.4, -0.2) is 18.1 Å². The molecule has 136 valence electrons. The lowest BCUT2D eigenvalue weighted by atomic mass is 9.86. The number of H-pyrrole nitrogens is 1. The second kappa shape index (κ2) is 6.90. The third-order valence-electron chi connectivity index (χ3n) is 5.89. The van der Waals surface area contributed by atoms with Crippen LogP contribution in [0.3, 0.4) is 0 Å². The monoisotopic (exact) mass is 348 g/mol. The smallest absolute Gasteiger partial charge is 0.109 e. The predicted molar refractivity (Wildman–Crippen MR) is 108 cm³/mol. The van der Waals surface area contributed by atoms with Crippen molar-refractivity contribution in [1.29, 1.82) is 0 Å². The minimum Gasteiger partial charge on any atom is -0.368 e. The Balaban J connectivity index is 1.96. The van der Waals surface area contributed by atoms with Crippen LogP contribution in [0.1, 0.15) is 43.5 Å². The molecule has 0 saturated heterocycles. The zero-order valence-electron chi connectivity index (χ0n) is 15.8. The summed E-state index contributed by atoms with van der Waals surface area (Å²) in [6, 6.07) is 15.3. The number of hydrogen-bond donors (Lipinski definition) is 2. The highest BCUT2D eigenvalue weighted by Gasteiger charge is 2.38. The van der Waals surface area contributed by atoms with Gasteiger partial charge in [0.1, 0.15) is 5.60 Å². The first-order valence-electron chi connectivity index (χ1n) is 9.79. The molecule has 1 aliphatic heterocycles. The van der Waals surface area contributed by atoms with Gasteiger partial charge in [0.25, 0.3) is 0 Å². The van der Waals surface area contributed by atoms with Crippen LogP contribution in [0.15, 0.2) is 42.5 Å². The number of nitrogens with one attached hydrogen (secondary N) is 1. The zero-order valence-corrected chi connectivity index (χ0v) is 15.8. The van der Waals surface area contributed by atoms with E-state index in [0.717, 1.165) is 32.3 Å². The van der Waals surface area contributed by atoms with E-state index in [1.165, 1.54) is 38.9 Å². The Morgan fingerprint density at radius 2 is 1.92 bits per heavy atom. The van der Waals surface area contributed by atoms with Crippen LogP contribution in [0.25, 0.3) is 22.0 Å². The molecule has 0 amide bonds. The van der Waals surface area contributed by atoms with E-state index in [1.54, 1.807) is 0 Å². The number of aromatic nitrogens is 1. The Morgan fingerprint density at radius 1 is 1.12 bits per heavy atom. The van der Waals surface area contributed by atoms with Gasteiger partial charge in [-0.1, -0.05) is 44.2 Å². The molecule has 0 radical (unpaired) electrons. The van der Waals surface area contributed by atoms with Crippen molar-refractivity contribution in [3.05, 3.63) is 59.3 Å². The number of benzene rings is 2. The zero-order chi connectivity index (χ0) is 18.1. The number of hydrogen-bond acceptors (Lipinski definition) is 2. The molecular formula is C23H28N2O. The maximum absolute atomic E-state index is 6.29. The molecule has 26 heavy (non-hydrogen) atoms. The van der Waals surface area contributed by atoms with Gasteiger partial charge in [-0.3, -0.25) is 0 Å². The molecule has 4 rings (SSSR count). The van der Waals surface area contributed by atoms with Gasteiger partial charge in [0.05, 0.1) is 12.3 Å². The summed E-state index contributed by atoms with van der Waals surface area (Å²) in [6.45, 7) is 5.84. The first-order valence-corrected chi connectivity index (χ1v) is 9.79. The first kappa shape index (κ1) is 17.3. The van der Waals surface area contributed by atoms with Crippen LogP contribution in [0.4, 0.5) is 0 Å². The SMILES string of the molecule is CCc1cc(-c2ccccc2)cc2c3c([nH]c12)C(CC)(CCN)OCC3. The highest BCUT2D eigenvalue weighted by molar-refractivity contribution is 5.92. The average Bonchev–Trinajstić information content (AvgIpc) is 3.08. The lowest BCUT2D eigenvalue weighted by Gasteiger charge is -2.36. The molecule has 3 aromatic rings. The fraction of sp³-hybridized carbons (Fsp3) is 0.391. The van der Waals surface area contributed by atoms with Crippen molar-refractivity contribution in [1.82, 2.24) is 4.98 Å². The van der Waals surface area contributed by atoms with Crippen LogP contribution in [0.5, 0.6) is 0 Å². The minimum absolute atomic E-state index is 0.265. The fourth-order valence-corrected chi connectivity index (χ4v) is 4.45. The van der Waals surface area contributed by atoms with E-state index in [2.05, 4.69) is 61.3 Å². The topological polar surface area (TPSA) is 51.0 Å². The number of fused-ring (bicyclic) bond motifs is 3. The molecule has 1 atom stereocenters. The Hall–Kier alpha value is -2.10. The molecule has 0 aliphatic carbocycles. The van der Waals surface area contributed by atoms with E-state index in [1.807, 2.05) is 0 Å². The van der Waals surface area contributed by atoms with Crippen molar-refractivity contribution in [2.45, 2.75) is 45.1 Å². The summed E-state index contributed by atoms with van der Waals surface area (Å²) >= 11 is 0. The van der Waals surface area contributed by atoms with Gasteiger partial charge in [-0.25, -0.2) is 0 Å². The third-order valence-corrected chi connectivity index (χ3v) is 5.89. The van der Waals surface area contributed by atoms with Crippen molar-refractivity contribution in [3.63, 3.8) is 0 Å². The number of ether oxygens (including phenoxy) is 1. The van der Waals surface area contributed by atoms with Crippen molar-refractivity contribution in [2.75, 3.05) is 13.2 Å². The van der Waals surface area contributed by atoms with Gasteiger partial charge >= 0.3 is 0 Å². The number of nitrogens with two attached hydrogens (primary N) is 1. The molecule has 3 heteroatoms. The van der Waals surface area contributed by atoms with Crippen LogP contribution in [0.2, 0.25) is 0 Å². The molecule has 0 bridgehead atoms. The summed E-state index contributed by atoms with van der Waals surface area (Å²) in [6.07, 6.45) is 3.77. The molecule has 0 spiro atoms. The fourth-order valence-electron chi connectivity index (χ4n) is 4.45. The van der Waals surface area contributed by atoms with Gasteiger partial charge in [-0.15, -0.1) is 0 Å². The Morgan fingerprint density at radius 3 is 2.62 bits per heavy atom. The molecule has 2 heterocycles. The third kappa shape index (κ3) is 2.67. The highest BCUT2D eigenvalue weighted by atomic mass is 16.5. The first-order chi connectivity index (χ1) is 12.7. The lowest BCUT2D eigenvalue weighted by molar-refractivity contribution is -0.0701. The summed E-state index contributed by atoms with van der Waals surface area (Å²) in [7, 11) is 0. The molecule has 1 unspecified atom stereocenters. The summed E-state index contributed by atoms with van der Waals surface area (Å²) in [5.74, 6) is 0. The van der Waals surface area contributed by atoms with Gasteiger partial charge < -0.3 is 15.5 Å². The van der Waals surface area contributed by atoms with E-state index in [9.17, 15) is 0 Å². The number of aromatic amines is 1. The molecule has 0 saturated carbocycles. The van der Waals surface area contributed by atoms with Gasteiger partial charge in [0, 0.05) is 10.9 Å². The summed E-state index contributed by atoms with van der Waals surface area (Å²) in [5, 5.41) is 1.36. The highest BCUT2D eigenvalue weighted by Crippen LogP contribution is 2.42. The molecule has 1 aromatic heterocycles. The Kier molecular flexibility index (Phi) is 4.60. The lowest BCUT2D eigenvalue weighted by Crippen LogP contribution is -2.37.